The first-order valence-corrected chi connectivity index (χ1v) is 9.91. The van der Waals surface area contributed by atoms with Crippen molar-refractivity contribution in [3.63, 3.8) is 0 Å². The maximum Gasteiger partial charge on any atom is 0.129 e. The maximum atomic E-state index is 5.99. The molecule has 0 saturated heterocycles. The highest BCUT2D eigenvalue weighted by Gasteiger charge is 2.14. The maximum absolute atomic E-state index is 5.99. The summed E-state index contributed by atoms with van der Waals surface area (Å²) in [6.07, 6.45) is 3.83. The van der Waals surface area contributed by atoms with Gasteiger partial charge in [-0.05, 0) is 61.1 Å². The summed E-state index contributed by atoms with van der Waals surface area (Å²) in [7, 11) is 1.70. The minimum atomic E-state index is 0.426. The van der Waals surface area contributed by atoms with Crippen LogP contribution in [0.25, 0.3) is 11.3 Å². The molecule has 28 heavy (non-hydrogen) atoms. The molecule has 3 nitrogen and oxygen atoms in total. The molecule has 2 aromatic carbocycles. The molecule has 0 spiro atoms. The van der Waals surface area contributed by atoms with E-state index >= 15 is 0 Å². The Balaban J connectivity index is 1.90. The number of methoxy groups -OCH3 is 1. The molecule has 0 radical (unpaired) electrons. The minimum absolute atomic E-state index is 0.426. The zero-order valence-electron chi connectivity index (χ0n) is 17.5. The third-order valence-electron chi connectivity index (χ3n) is 5.29. The summed E-state index contributed by atoms with van der Waals surface area (Å²) in [6, 6.07) is 14.7. The molecule has 0 saturated carbocycles. The van der Waals surface area contributed by atoms with Crippen molar-refractivity contribution in [2.45, 2.75) is 47.1 Å². The van der Waals surface area contributed by atoms with Crippen molar-refractivity contribution in [3.8, 4) is 22.8 Å². The lowest BCUT2D eigenvalue weighted by molar-refractivity contribution is 0.296. The minimum Gasteiger partial charge on any atom is -0.496 e. The topological polar surface area (TPSA) is 31.4 Å². The summed E-state index contributed by atoms with van der Waals surface area (Å²) in [5.41, 5.74) is 8.24. The summed E-state index contributed by atoms with van der Waals surface area (Å²) in [5.74, 6) is 1.67. The van der Waals surface area contributed by atoms with E-state index in [0.717, 1.165) is 35.6 Å². The van der Waals surface area contributed by atoms with Gasteiger partial charge in [-0.25, -0.2) is 0 Å². The van der Waals surface area contributed by atoms with E-state index in [0.29, 0.717) is 6.61 Å². The van der Waals surface area contributed by atoms with Crippen LogP contribution in [0.4, 0.5) is 0 Å². The number of aromatic nitrogens is 1. The van der Waals surface area contributed by atoms with Crippen LogP contribution in [-0.4, -0.2) is 12.1 Å². The van der Waals surface area contributed by atoms with Crippen molar-refractivity contribution in [3.05, 3.63) is 76.5 Å². The highest BCUT2D eigenvalue weighted by Crippen LogP contribution is 2.31. The quantitative estimate of drug-likeness (QED) is 0.502. The molecule has 3 rings (SSSR count). The van der Waals surface area contributed by atoms with Crippen LogP contribution < -0.4 is 9.47 Å². The number of rotatable bonds is 7. The van der Waals surface area contributed by atoms with Crippen LogP contribution in [0, 0.1) is 13.8 Å². The van der Waals surface area contributed by atoms with Crippen molar-refractivity contribution >= 4 is 0 Å². The van der Waals surface area contributed by atoms with Crippen molar-refractivity contribution in [2.24, 2.45) is 0 Å². The van der Waals surface area contributed by atoms with Gasteiger partial charge in [-0.3, -0.25) is 4.98 Å². The third kappa shape index (κ3) is 4.19. The van der Waals surface area contributed by atoms with Gasteiger partial charge in [0.25, 0.3) is 0 Å². The molecule has 146 valence electrons. The Bertz CT molecular complexity index is 941. The van der Waals surface area contributed by atoms with E-state index in [2.05, 4.69) is 58.0 Å². The van der Waals surface area contributed by atoms with Gasteiger partial charge in [0.15, 0.2) is 0 Å². The molecule has 0 atom stereocenters. The average Bonchev–Trinajstić information content (AvgIpc) is 2.73. The lowest BCUT2D eigenvalue weighted by Gasteiger charge is -2.16. The predicted octanol–water partition coefficient (Wildman–Crippen LogP) is 6.08. The Morgan fingerprint density at radius 2 is 1.57 bits per heavy atom. The van der Waals surface area contributed by atoms with Crippen LogP contribution in [0.2, 0.25) is 0 Å². The van der Waals surface area contributed by atoms with Crippen molar-refractivity contribution < 1.29 is 9.47 Å². The molecule has 3 heteroatoms. The number of ether oxygens (including phenoxy) is 2. The van der Waals surface area contributed by atoms with Crippen LogP contribution in [-0.2, 0) is 19.4 Å². The van der Waals surface area contributed by atoms with Gasteiger partial charge in [0, 0.05) is 23.4 Å². The van der Waals surface area contributed by atoms with Crippen molar-refractivity contribution in [2.75, 3.05) is 7.11 Å². The van der Waals surface area contributed by atoms with E-state index in [1.165, 1.54) is 27.8 Å². The summed E-state index contributed by atoms with van der Waals surface area (Å²) in [4.78, 5) is 4.76. The summed E-state index contributed by atoms with van der Waals surface area (Å²) < 4.78 is 11.7. The van der Waals surface area contributed by atoms with Crippen LogP contribution in [0.3, 0.4) is 0 Å². The second-order valence-electron chi connectivity index (χ2n) is 7.07. The zero-order chi connectivity index (χ0) is 20.1. The van der Waals surface area contributed by atoms with Gasteiger partial charge in [-0.2, -0.15) is 0 Å². The van der Waals surface area contributed by atoms with Gasteiger partial charge in [0.2, 0.25) is 0 Å². The predicted molar refractivity (Wildman–Crippen MR) is 115 cm³/mol. The van der Waals surface area contributed by atoms with E-state index in [4.69, 9.17) is 14.5 Å². The fraction of sp³-hybridized carbons (Fsp3) is 0.320. The van der Waals surface area contributed by atoms with Crippen LogP contribution in [0.15, 0.2) is 48.7 Å². The summed E-state index contributed by atoms with van der Waals surface area (Å²) in [6.45, 7) is 8.98. The Labute approximate surface area is 168 Å². The number of hydrogen-bond acceptors (Lipinski definition) is 3. The molecule has 1 aromatic heterocycles. The van der Waals surface area contributed by atoms with Crippen LogP contribution in [0.1, 0.15) is 41.7 Å². The fourth-order valence-electron chi connectivity index (χ4n) is 3.44. The van der Waals surface area contributed by atoms with Crippen molar-refractivity contribution in [1.29, 1.82) is 0 Å². The summed E-state index contributed by atoms with van der Waals surface area (Å²) >= 11 is 0. The van der Waals surface area contributed by atoms with E-state index in [1.807, 2.05) is 18.3 Å². The number of nitrogens with zero attached hydrogens (tertiary/aromatic N) is 1. The molecule has 3 aromatic rings. The number of pyridine rings is 1. The Morgan fingerprint density at radius 1 is 0.857 bits per heavy atom. The van der Waals surface area contributed by atoms with Crippen LogP contribution >= 0.6 is 0 Å². The van der Waals surface area contributed by atoms with Crippen LogP contribution in [0.5, 0.6) is 11.5 Å². The van der Waals surface area contributed by atoms with Crippen molar-refractivity contribution in [1.82, 2.24) is 4.98 Å². The zero-order valence-corrected chi connectivity index (χ0v) is 17.5. The molecular formula is C25H29NO2. The Kier molecular flexibility index (Phi) is 6.35. The monoisotopic (exact) mass is 375 g/mol. The molecule has 0 fully saturated rings. The van der Waals surface area contributed by atoms with E-state index in [1.54, 1.807) is 7.11 Å². The average molecular weight is 376 g/mol. The van der Waals surface area contributed by atoms with E-state index in [9.17, 15) is 0 Å². The second-order valence-corrected chi connectivity index (χ2v) is 7.07. The lowest BCUT2D eigenvalue weighted by atomic mass is 9.94. The normalized spacial score (nSPS) is 10.8. The van der Waals surface area contributed by atoms with E-state index < -0.39 is 0 Å². The molecule has 0 aliphatic carbocycles. The molecule has 0 amide bonds. The third-order valence-corrected chi connectivity index (χ3v) is 5.29. The highest BCUT2D eigenvalue weighted by molar-refractivity contribution is 5.69. The smallest absolute Gasteiger partial charge is 0.129 e. The largest absolute Gasteiger partial charge is 0.496 e. The summed E-state index contributed by atoms with van der Waals surface area (Å²) in [5, 5.41) is 0. The first-order chi connectivity index (χ1) is 13.6. The van der Waals surface area contributed by atoms with Gasteiger partial charge in [0.1, 0.15) is 18.1 Å². The SMILES string of the molecule is CCc1cccc(CC)c1-c1cc(OC)c(COc2ccc(C)c(C)c2)cn1. The molecule has 0 N–H and O–H groups in total. The number of hydrogen-bond donors (Lipinski definition) is 0. The van der Waals surface area contributed by atoms with Gasteiger partial charge < -0.3 is 9.47 Å². The number of aryl methyl sites for hydroxylation is 4. The first-order valence-electron chi connectivity index (χ1n) is 9.91. The fourth-order valence-corrected chi connectivity index (χ4v) is 3.44. The standard InChI is InChI=1S/C25H29NO2/c1-6-19-9-8-10-20(7-2)25(19)23-14-24(27-5)21(15-26-23)16-28-22-12-11-17(3)18(4)13-22/h8-15H,6-7,16H2,1-5H3. The van der Waals surface area contributed by atoms with Gasteiger partial charge >= 0.3 is 0 Å². The highest BCUT2D eigenvalue weighted by atomic mass is 16.5. The Morgan fingerprint density at radius 3 is 2.18 bits per heavy atom. The molecular weight excluding hydrogens is 346 g/mol. The molecule has 0 aliphatic heterocycles. The number of benzene rings is 2. The molecule has 0 aliphatic rings. The van der Waals surface area contributed by atoms with Gasteiger partial charge in [-0.1, -0.05) is 38.1 Å². The van der Waals surface area contributed by atoms with Gasteiger partial charge in [-0.15, -0.1) is 0 Å². The van der Waals surface area contributed by atoms with Gasteiger partial charge in [0.05, 0.1) is 12.8 Å². The Hall–Kier alpha value is -2.81. The second kappa shape index (κ2) is 8.92. The lowest BCUT2D eigenvalue weighted by Crippen LogP contribution is -2.02. The molecule has 1 heterocycles. The van der Waals surface area contributed by atoms with E-state index in [-0.39, 0.29) is 0 Å². The molecule has 0 bridgehead atoms. The molecule has 0 unspecified atom stereocenters. The first kappa shape index (κ1) is 19.9.